The standard InChI is InChI=1S/C12H17NO3S/c1-3-17(16)11-7-5-4-6-10(11)12(15)13-9(2)8-14/h4-7,9,14H,3,8H2,1-2H3,(H,13,15). The summed E-state index contributed by atoms with van der Waals surface area (Å²) in [6, 6.07) is 6.51. The zero-order valence-corrected chi connectivity index (χ0v) is 10.8. The van der Waals surface area contributed by atoms with Crippen molar-refractivity contribution < 1.29 is 14.1 Å². The SMILES string of the molecule is CCS(=O)c1ccccc1C(=O)NC(C)CO. The van der Waals surface area contributed by atoms with Crippen molar-refractivity contribution in [1.82, 2.24) is 5.32 Å². The average molecular weight is 255 g/mol. The van der Waals surface area contributed by atoms with Gasteiger partial charge in [-0.15, -0.1) is 0 Å². The largest absolute Gasteiger partial charge is 0.394 e. The fourth-order valence-electron chi connectivity index (χ4n) is 1.36. The fraction of sp³-hybridized carbons (Fsp3) is 0.417. The minimum atomic E-state index is -1.16. The van der Waals surface area contributed by atoms with Gasteiger partial charge in [-0.1, -0.05) is 19.1 Å². The van der Waals surface area contributed by atoms with Crippen molar-refractivity contribution in [1.29, 1.82) is 0 Å². The highest BCUT2D eigenvalue weighted by molar-refractivity contribution is 7.85. The monoisotopic (exact) mass is 255 g/mol. The smallest absolute Gasteiger partial charge is 0.252 e. The molecule has 1 aromatic carbocycles. The first-order valence-corrected chi connectivity index (χ1v) is 6.81. The Balaban J connectivity index is 2.97. The second-order valence-electron chi connectivity index (χ2n) is 3.69. The number of carbonyl (C=O) groups is 1. The molecular weight excluding hydrogens is 238 g/mol. The van der Waals surface area contributed by atoms with E-state index >= 15 is 0 Å². The van der Waals surface area contributed by atoms with E-state index in [2.05, 4.69) is 5.32 Å². The van der Waals surface area contributed by atoms with Crippen LogP contribution in [0.4, 0.5) is 0 Å². The molecule has 0 aliphatic rings. The van der Waals surface area contributed by atoms with E-state index in [1.165, 1.54) is 0 Å². The Kier molecular flexibility index (Phi) is 5.31. The number of aliphatic hydroxyl groups excluding tert-OH is 1. The lowest BCUT2D eigenvalue weighted by molar-refractivity contribution is 0.0919. The molecular formula is C12H17NO3S. The van der Waals surface area contributed by atoms with Gasteiger partial charge in [-0.2, -0.15) is 0 Å². The number of amides is 1. The van der Waals surface area contributed by atoms with Gasteiger partial charge in [0.1, 0.15) is 0 Å². The highest BCUT2D eigenvalue weighted by Crippen LogP contribution is 2.13. The molecule has 1 aromatic rings. The lowest BCUT2D eigenvalue weighted by Crippen LogP contribution is -2.35. The van der Waals surface area contributed by atoms with Crippen LogP contribution in [0.25, 0.3) is 0 Å². The molecule has 0 spiro atoms. The zero-order valence-electron chi connectivity index (χ0n) is 9.97. The van der Waals surface area contributed by atoms with E-state index < -0.39 is 10.8 Å². The predicted molar refractivity (Wildman–Crippen MR) is 67.4 cm³/mol. The molecule has 0 aliphatic carbocycles. The Morgan fingerprint density at radius 2 is 2.12 bits per heavy atom. The van der Waals surface area contributed by atoms with Crippen LogP contribution in [0.15, 0.2) is 29.2 Å². The van der Waals surface area contributed by atoms with Gasteiger partial charge in [0.25, 0.3) is 5.91 Å². The molecule has 17 heavy (non-hydrogen) atoms. The number of benzene rings is 1. The maximum Gasteiger partial charge on any atom is 0.252 e. The zero-order chi connectivity index (χ0) is 12.8. The van der Waals surface area contributed by atoms with Crippen LogP contribution in [0.2, 0.25) is 0 Å². The summed E-state index contributed by atoms with van der Waals surface area (Å²) in [6.45, 7) is 3.39. The van der Waals surface area contributed by atoms with Gasteiger partial charge < -0.3 is 10.4 Å². The van der Waals surface area contributed by atoms with E-state index in [1.54, 1.807) is 38.1 Å². The Bertz CT molecular complexity index is 420. The van der Waals surface area contributed by atoms with Gasteiger partial charge in [0.05, 0.1) is 27.9 Å². The minimum absolute atomic E-state index is 0.120. The second kappa shape index (κ2) is 6.51. The number of hydrogen-bond donors (Lipinski definition) is 2. The third-order valence-electron chi connectivity index (χ3n) is 2.29. The maximum absolute atomic E-state index is 11.9. The van der Waals surface area contributed by atoms with Gasteiger partial charge in [0.15, 0.2) is 0 Å². The summed E-state index contributed by atoms with van der Waals surface area (Å²) in [5.41, 5.74) is 0.410. The number of hydrogen-bond acceptors (Lipinski definition) is 3. The van der Waals surface area contributed by atoms with Crippen molar-refractivity contribution in [2.45, 2.75) is 24.8 Å². The number of nitrogens with one attached hydrogen (secondary N) is 1. The summed E-state index contributed by atoms with van der Waals surface area (Å²) >= 11 is 0. The topological polar surface area (TPSA) is 66.4 Å². The van der Waals surface area contributed by atoms with E-state index in [0.29, 0.717) is 16.2 Å². The van der Waals surface area contributed by atoms with Crippen LogP contribution in [0.3, 0.4) is 0 Å². The Hall–Kier alpha value is -1.20. The molecule has 0 heterocycles. The maximum atomic E-state index is 11.9. The van der Waals surface area contributed by atoms with Gasteiger partial charge in [-0.05, 0) is 19.1 Å². The Morgan fingerprint density at radius 3 is 2.71 bits per heavy atom. The van der Waals surface area contributed by atoms with Crippen LogP contribution in [-0.2, 0) is 10.8 Å². The lowest BCUT2D eigenvalue weighted by atomic mass is 10.2. The summed E-state index contributed by atoms with van der Waals surface area (Å²) < 4.78 is 11.8. The van der Waals surface area contributed by atoms with Crippen molar-refractivity contribution in [3.8, 4) is 0 Å². The minimum Gasteiger partial charge on any atom is -0.394 e. The summed E-state index contributed by atoms with van der Waals surface area (Å²) in [4.78, 5) is 12.4. The third-order valence-corrected chi connectivity index (χ3v) is 3.66. The molecule has 4 nitrogen and oxygen atoms in total. The van der Waals surface area contributed by atoms with Crippen LogP contribution in [0, 0.1) is 0 Å². The quantitative estimate of drug-likeness (QED) is 0.822. The highest BCUT2D eigenvalue weighted by atomic mass is 32.2. The second-order valence-corrected chi connectivity index (χ2v) is 5.40. The van der Waals surface area contributed by atoms with E-state index in [1.807, 2.05) is 0 Å². The molecule has 1 amide bonds. The van der Waals surface area contributed by atoms with Crippen LogP contribution >= 0.6 is 0 Å². The highest BCUT2D eigenvalue weighted by Gasteiger charge is 2.15. The molecule has 5 heteroatoms. The van der Waals surface area contributed by atoms with E-state index in [9.17, 15) is 9.00 Å². The van der Waals surface area contributed by atoms with Crippen molar-refractivity contribution >= 4 is 16.7 Å². The van der Waals surface area contributed by atoms with Crippen LogP contribution in [-0.4, -0.2) is 33.6 Å². The Morgan fingerprint density at radius 1 is 1.47 bits per heavy atom. The molecule has 0 saturated heterocycles. The molecule has 1 rings (SSSR count). The molecule has 94 valence electrons. The molecule has 0 bridgehead atoms. The van der Waals surface area contributed by atoms with E-state index in [4.69, 9.17) is 5.11 Å². The summed E-state index contributed by atoms with van der Waals surface area (Å²) in [7, 11) is -1.16. The first-order valence-electron chi connectivity index (χ1n) is 5.49. The fourth-order valence-corrected chi connectivity index (χ4v) is 2.30. The van der Waals surface area contributed by atoms with Crippen LogP contribution < -0.4 is 5.32 Å². The molecule has 2 N–H and O–H groups in total. The third kappa shape index (κ3) is 3.64. The number of rotatable bonds is 5. The van der Waals surface area contributed by atoms with Crippen molar-refractivity contribution in [2.24, 2.45) is 0 Å². The molecule has 2 unspecified atom stereocenters. The van der Waals surface area contributed by atoms with Crippen molar-refractivity contribution in [3.05, 3.63) is 29.8 Å². The normalized spacial score (nSPS) is 14.1. The summed E-state index contributed by atoms with van der Waals surface area (Å²) in [5, 5.41) is 11.5. The molecule has 0 fully saturated rings. The van der Waals surface area contributed by atoms with Crippen LogP contribution in [0.5, 0.6) is 0 Å². The lowest BCUT2D eigenvalue weighted by Gasteiger charge is -2.12. The number of carbonyl (C=O) groups excluding carboxylic acids is 1. The first kappa shape index (κ1) is 13.9. The van der Waals surface area contributed by atoms with E-state index in [0.717, 1.165) is 0 Å². The Labute approximate surface area is 104 Å². The van der Waals surface area contributed by atoms with Crippen molar-refractivity contribution in [3.63, 3.8) is 0 Å². The number of aliphatic hydroxyl groups is 1. The van der Waals surface area contributed by atoms with Crippen LogP contribution in [0.1, 0.15) is 24.2 Å². The van der Waals surface area contributed by atoms with Gasteiger partial charge in [-0.25, -0.2) is 0 Å². The molecule has 0 aromatic heterocycles. The van der Waals surface area contributed by atoms with E-state index in [-0.39, 0.29) is 18.6 Å². The predicted octanol–water partition coefficient (Wildman–Crippen LogP) is 0.925. The molecule has 0 saturated carbocycles. The van der Waals surface area contributed by atoms with Gasteiger partial charge in [0, 0.05) is 11.8 Å². The van der Waals surface area contributed by atoms with Gasteiger partial charge >= 0.3 is 0 Å². The average Bonchev–Trinajstić information content (AvgIpc) is 2.37. The molecule has 0 aliphatic heterocycles. The van der Waals surface area contributed by atoms with Gasteiger partial charge in [0.2, 0.25) is 0 Å². The first-order chi connectivity index (χ1) is 8.10. The van der Waals surface area contributed by atoms with Crippen molar-refractivity contribution in [2.75, 3.05) is 12.4 Å². The van der Waals surface area contributed by atoms with Gasteiger partial charge in [-0.3, -0.25) is 9.00 Å². The summed E-state index contributed by atoms with van der Waals surface area (Å²) in [6.07, 6.45) is 0. The molecule has 0 radical (unpaired) electrons. The summed E-state index contributed by atoms with van der Waals surface area (Å²) in [5.74, 6) is 0.170. The molecule has 2 atom stereocenters.